The molecule has 0 amide bonds. The molecule has 0 aliphatic carbocycles. The van der Waals surface area contributed by atoms with Crippen LogP contribution >= 0.6 is 0 Å². The van der Waals surface area contributed by atoms with Crippen LogP contribution < -0.4 is 15.5 Å². The number of nitrogens with two attached hydrogens (primary N) is 1. The Morgan fingerprint density at radius 2 is 1.67 bits per heavy atom. The first-order valence-electron chi connectivity index (χ1n) is 12.1. The summed E-state index contributed by atoms with van der Waals surface area (Å²) in [5.41, 5.74) is 8.56. The number of benzene rings is 1. The third-order valence-corrected chi connectivity index (χ3v) is 6.54. The second-order valence-electron chi connectivity index (χ2n) is 8.97. The van der Waals surface area contributed by atoms with E-state index in [2.05, 4.69) is 26.0 Å². The molecule has 0 spiro atoms. The van der Waals surface area contributed by atoms with E-state index in [1.807, 2.05) is 17.9 Å². The van der Waals surface area contributed by atoms with Crippen molar-refractivity contribution in [1.82, 2.24) is 24.6 Å². The molecule has 0 saturated carbocycles. The smallest absolute Gasteiger partial charge is 0.254 e. The number of nitrogen functional groups attached to an aromatic ring is 1. The molecule has 3 aromatic rings. The minimum Gasteiger partial charge on any atom is -0.383 e. The van der Waals surface area contributed by atoms with Crippen molar-refractivity contribution in [3.05, 3.63) is 59.4 Å². The monoisotopic (exact) mass is 496 g/mol. The van der Waals surface area contributed by atoms with Crippen molar-refractivity contribution in [1.29, 1.82) is 0 Å². The minimum atomic E-state index is -0.549. The second-order valence-corrected chi connectivity index (χ2v) is 8.97. The van der Waals surface area contributed by atoms with Crippen LogP contribution in [0.3, 0.4) is 0 Å². The highest BCUT2D eigenvalue weighted by atomic mass is 19.1. The maximum Gasteiger partial charge on any atom is 0.254 e. The van der Waals surface area contributed by atoms with Gasteiger partial charge in [-0.25, -0.2) is 13.5 Å². The number of hydrogen-bond donors (Lipinski definition) is 1. The first kappa shape index (κ1) is 24.1. The van der Waals surface area contributed by atoms with Gasteiger partial charge in [0, 0.05) is 69.2 Å². The summed E-state index contributed by atoms with van der Waals surface area (Å²) in [4.78, 5) is 15.5. The zero-order valence-electron chi connectivity index (χ0n) is 20.3. The standard InChI is InChI=1S/C25H30F2N8O/c1-18-19(3-2-4-32-5-7-33(8-6-32)22-14-20(26)13-21(27)15-22)17-29-35(18)25-30-23(28)16-24(31-25)34-9-11-36-12-10-34/h2-3,13-17H,4-12H2,1H3,(H2,28,30,31). The van der Waals surface area contributed by atoms with Gasteiger partial charge >= 0.3 is 0 Å². The predicted octanol–water partition coefficient (Wildman–Crippen LogP) is 2.50. The Hall–Kier alpha value is -3.57. The van der Waals surface area contributed by atoms with Crippen molar-refractivity contribution < 1.29 is 13.5 Å². The van der Waals surface area contributed by atoms with Crippen LogP contribution in [0.5, 0.6) is 0 Å². The molecule has 1 aromatic carbocycles. The van der Waals surface area contributed by atoms with Crippen molar-refractivity contribution in [2.75, 3.05) is 74.6 Å². The average Bonchev–Trinajstić information content (AvgIpc) is 3.24. The molecule has 0 radical (unpaired) electrons. The summed E-state index contributed by atoms with van der Waals surface area (Å²) in [6.45, 7) is 8.63. The molecule has 190 valence electrons. The fraction of sp³-hybridized carbons (Fsp3) is 0.400. The van der Waals surface area contributed by atoms with Crippen molar-refractivity contribution in [2.45, 2.75) is 6.92 Å². The van der Waals surface area contributed by atoms with Crippen LogP contribution in [-0.2, 0) is 4.74 Å². The molecule has 0 unspecified atom stereocenters. The first-order chi connectivity index (χ1) is 17.5. The van der Waals surface area contributed by atoms with E-state index in [0.29, 0.717) is 43.8 Å². The molecule has 0 bridgehead atoms. The van der Waals surface area contributed by atoms with E-state index in [9.17, 15) is 8.78 Å². The van der Waals surface area contributed by atoms with Gasteiger partial charge in [0.15, 0.2) is 0 Å². The van der Waals surface area contributed by atoms with Gasteiger partial charge in [0.1, 0.15) is 23.3 Å². The Morgan fingerprint density at radius 3 is 2.39 bits per heavy atom. The molecule has 2 aliphatic heterocycles. The molecule has 36 heavy (non-hydrogen) atoms. The molecule has 2 aliphatic rings. The van der Waals surface area contributed by atoms with E-state index in [-0.39, 0.29) is 0 Å². The maximum absolute atomic E-state index is 13.5. The van der Waals surface area contributed by atoms with Crippen molar-refractivity contribution in [3.8, 4) is 5.95 Å². The summed E-state index contributed by atoms with van der Waals surface area (Å²) in [5, 5.41) is 4.50. The molecule has 2 fully saturated rings. The Morgan fingerprint density at radius 1 is 0.944 bits per heavy atom. The number of anilines is 3. The number of nitrogens with zero attached hydrogens (tertiary/aromatic N) is 7. The van der Waals surface area contributed by atoms with E-state index < -0.39 is 11.6 Å². The number of piperazine rings is 1. The lowest BCUT2D eigenvalue weighted by Gasteiger charge is -2.35. The van der Waals surface area contributed by atoms with E-state index in [0.717, 1.165) is 55.9 Å². The van der Waals surface area contributed by atoms with Gasteiger partial charge in [0.2, 0.25) is 0 Å². The normalized spacial score (nSPS) is 17.3. The molecule has 5 rings (SSSR count). The highest BCUT2D eigenvalue weighted by Crippen LogP contribution is 2.21. The zero-order valence-corrected chi connectivity index (χ0v) is 20.3. The van der Waals surface area contributed by atoms with Crippen LogP contribution in [0.4, 0.5) is 26.1 Å². The fourth-order valence-corrected chi connectivity index (χ4v) is 4.52. The molecular weight excluding hydrogens is 466 g/mol. The predicted molar refractivity (Wildman–Crippen MR) is 135 cm³/mol. The highest BCUT2D eigenvalue weighted by Gasteiger charge is 2.19. The van der Waals surface area contributed by atoms with Gasteiger partial charge < -0.3 is 20.3 Å². The van der Waals surface area contributed by atoms with Gasteiger partial charge in [-0.3, -0.25) is 4.90 Å². The molecule has 2 N–H and O–H groups in total. The minimum absolute atomic E-state index is 0.397. The van der Waals surface area contributed by atoms with Crippen molar-refractivity contribution in [3.63, 3.8) is 0 Å². The fourth-order valence-electron chi connectivity index (χ4n) is 4.52. The Bertz CT molecular complexity index is 1210. The van der Waals surface area contributed by atoms with E-state index >= 15 is 0 Å². The Kier molecular flexibility index (Phi) is 7.10. The number of ether oxygens (including phenoxy) is 1. The van der Waals surface area contributed by atoms with Gasteiger partial charge in [-0.15, -0.1) is 0 Å². The van der Waals surface area contributed by atoms with Gasteiger partial charge in [0.05, 0.1) is 25.1 Å². The average molecular weight is 497 g/mol. The molecule has 11 heteroatoms. The van der Waals surface area contributed by atoms with E-state index in [1.54, 1.807) is 16.9 Å². The SMILES string of the molecule is Cc1c(C=CCN2CCN(c3cc(F)cc(F)c3)CC2)cnn1-c1nc(N)cc(N2CCOCC2)n1. The van der Waals surface area contributed by atoms with Crippen LogP contribution in [0.15, 0.2) is 36.5 Å². The maximum atomic E-state index is 13.5. The second kappa shape index (κ2) is 10.6. The van der Waals surface area contributed by atoms with Gasteiger partial charge in [-0.1, -0.05) is 12.2 Å². The van der Waals surface area contributed by atoms with Crippen molar-refractivity contribution >= 4 is 23.4 Å². The lowest BCUT2D eigenvalue weighted by Crippen LogP contribution is -2.46. The quantitative estimate of drug-likeness (QED) is 0.557. The third kappa shape index (κ3) is 5.47. The number of rotatable bonds is 6. The Balaban J connectivity index is 1.20. The summed E-state index contributed by atoms with van der Waals surface area (Å²) >= 11 is 0. The van der Waals surface area contributed by atoms with Crippen LogP contribution in [-0.4, -0.2) is 83.7 Å². The first-order valence-corrected chi connectivity index (χ1v) is 12.1. The molecule has 9 nitrogen and oxygen atoms in total. The third-order valence-electron chi connectivity index (χ3n) is 6.54. The highest BCUT2D eigenvalue weighted by molar-refractivity contribution is 5.54. The lowest BCUT2D eigenvalue weighted by atomic mass is 10.2. The summed E-state index contributed by atoms with van der Waals surface area (Å²) in [6.07, 6.45) is 5.94. The van der Waals surface area contributed by atoms with Gasteiger partial charge in [-0.05, 0) is 19.1 Å². The molecular formula is C25H30F2N8O. The summed E-state index contributed by atoms with van der Waals surface area (Å²) in [7, 11) is 0. The number of morpholine rings is 1. The largest absolute Gasteiger partial charge is 0.383 e. The van der Waals surface area contributed by atoms with Crippen LogP contribution in [0.2, 0.25) is 0 Å². The van der Waals surface area contributed by atoms with E-state index in [1.165, 1.54) is 12.1 Å². The molecule has 0 atom stereocenters. The summed E-state index contributed by atoms with van der Waals surface area (Å²) < 4.78 is 34.2. The van der Waals surface area contributed by atoms with E-state index in [4.69, 9.17) is 15.5 Å². The number of aromatic nitrogens is 4. The Labute approximate surface area is 208 Å². The summed E-state index contributed by atoms with van der Waals surface area (Å²) in [5.74, 6) is 0.513. The molecule has 2 saturated heterocycles. The lowest BCUT2D eigenvalue weighted by molar-refractivity contribution is 0.122. The van der Waals surface area contributed by atoms with Crippen LogP contribution in [0.1, 0.15) is 11.3 Å². The van der Waals surface area contributed by atoms with Gasteiger partial charge in [0.25, 0.3) is 5.95 Å². The number of halogens is 2. The van der Waals surface area contributed by atoms with Gasteiger partial charge in [-0.2, -0.15) is 15.1 Å². The van der Waals surface area contributed by atoms with Crippen LogP contribution in [0, 0.1) is 18.6 Å². The van der Waals surface area contributed by atoms with Crippen LogP contribution in [0.25, 0.3) is 12.0 Å². The topological polar surface area (TPSA) is 88.6 Å². The molecule has 2 aromatic heterocycles. The molecule has 4 heterocycles. The summed E-state index contributed by atoms with van der Waals surface area (Å²) in [6, 6.07) is 5.44. The zero-order chi connectivity index (χ0) is 25.1. The number of hydrogen-bond acceptors (Lipinski definition) is 8. The van der Waals surface area contributed by atoms with Crippen molar-refractivity contribution in [2.24, 2.45) is 0 Å².